The molecule has 1 aromatic heterocycles. The van der Waals surface area contributed by atoms with Crippen LogP contribution in [0.5, 0.6) is 0 Å². The average Bonchev–Trinajstić information content (AvgIpc) is 3.08. The third kappa shape index (κ3) is 3.37. The molecule has 1 aliphatic rings. The number of ether oxygens (including phenoxy) is 1. The number of hydrogen-bond donors (Lipinski definition) is 0. The Labute approximate surface area is 134 Å². The van der Waals surface area contributed by atoms with Gasteiger partial charge in [-0.15, -0.1) is 11.3 Å². The Morgan fingerprint density at radius 1 is 1.35 bits per heavy atom. The van der Waals surface area contributed by atoms with E-state index >= 15 is 0 Å². The summed E-state index contributed by atoms with van der Waals surface area (Å²) in [5.41, 5.74) is 1.17. The summed E-state index contributed by atoms with van der Waals surface area (Å²) in [6.45, 7) is 0.594. The fraction of sp³-hybridized carbons (Fsp3) is 0.333. The normalized spacial score (nSPS) is 18.9. The molecule has 23 heavy (non-hydrogen) atoms. The van der Waals surface area contributed by atoms with Crippen molar-refractivity contribution in [2.45, 2.75) is 12.3 Å². The van der Waals surface area contributed by atoms with Crippen LogP contribution in [0.1, 0.15) is 27.7 Å². The standard InChI is InChI=1S/C15H13F3N2O2S/c16-15(17,18)11-4-2-1-3-10(11)13-7-20(5-6-22-13)14(21)12-8-23-9-19-12/h1-4,8-9,13H,5-7H2/t13-/m0/s1. The predicted octanol–water partition coefficient (Wildman–Crippen LogP) is 3.38. The molecular weight excluding hydrogens is 329 g/mol. The van der Waals surface area contributed by atoms with E-state index in [1.54, 1.807) is 10.9 Å². The van der Waals surface area contributed by atoms with E-state index in [1.807, 2.05) is 0 Å². The zero-order chi connectivity index (χ0) is 16.4. The summed E-state index contributed by atoms with van der Waals surface area (Å²) >= 11 is 1.30. The third-order valence-corrected chi connectivity index (χ3v) is 4.20. The second-order valence-corrected chi connectivity index (χ2v) is 5.79. The van der Waals surface area contributed by atoms with Gasteiger partial charge in [-0.1, -0.05) is 18.2 Å². The number of carbonyl (C=O) groups is 1. The van der Waals surface area contributed by atoms with Crippen molar-refractivity contribution in [2.75, 3.05) is 19.7 Å². The largest absolute Gasteiger partial charge is 0.416 e. The van der Waals surface area contributed by atoms with Crippen LogP contribution < -0.4 is 0 Å². The molecule has 3 rings (SSSR count). The fourth-order valence-electron chi connectivity index (χ4n) is 2.54. The molecule has 1 atom stereocenters. The molecule has 0 unspecified atom stereocenters. The van der Waals surface area contributed by atoms with Gasteiger partial charge in [-0.2, -0.15) is 13.2 Å². The summed E-state index contributed by atoms with van der Waals surface area (Å²) in [6.07, 6.45) is -5.26. The summed E-state index contributed by atoms with van der Waals surface area (Å²) in [5, 5.41) is 1.62. The topological polar surface area (TPSA) is 42.4 Å². The maximum Gasteiger partial charge on any atom is 0.416 e. The molecule has 4 nitrogen and oxygen atoms in total. The predicted molar refractivity (Wildman–Crippen MR) is 78.2 cm³/mol. The minimum atomic E-state index is -4.46. The van der Waals surface area contributed by atoms with Gasteiger partial charge in [-0.25, -0.2) is 4.98 Å². The zero-order valence-corrected chi connectivity index (χ0v) is 12.7. The van der Waals surface area contributed by atoms with E-state index in [1.165, 1.54) is 34.4 Å². The smallest absolute Gasteiger partial charge is 0.370 e. The van der Waals surface area contributed by atoms with Crippen LogP contribution in [0, 0.1) is 0 Å². The molecule has 1 fully saturated rings. The van der Waals surface area contributed by atoms with Crippen LogP contribution >= 0.6 is 11.3 Å². The first-order valence-electron chi connectivity index (χ1n) is 6.92. The monoisotopic (exact) mass is 342 g/mol. The highest BCUT2D eigenvalue weighted by molar-refractivity contribution is 7.07. The molecule has 122 valence electrons. The van der Waals surface area contributed by atoms with Crippen LogP contribution in [-0.4, -0.2) is 35.5 Å². The van der Waals surface area contributed by atoms with Gasteiger partial charge in [0.2, 0.25) is 0 Å². The van der Waals surface area contributed by atoms with E-state index in [4.69, 9.17) is 4.74 Å². The molecule has 1 saturated heterocycles. The molecule has 0 bridgehead atoms. The minimum Gasteiger partial charge on any atom is -0.370 e. The minimum absolute atomic E-state index is 0.0516. The molecule has 1 aromatic carbocycles. The first kappa shape index (κ1) is 15.9. The van der Waals surface area contributed by atoms with Crippen LogP contribution in [0.25, 0.3) is 0 Å². The van der Waals surface area contributed by atoms with Crippen molar-refractivity contribution in [2.24, 2.45) is 0 Å². The second-order valence-electron chi connectivity index (χ2n) is 5.07. The fourth-order valence-corrected chi connectivity index (χ4v) is 3.06. The number of amides is 1. The highest BCUT2D eigenvalue weighted by atomic mass is 32.1. The number of thiazole rings is 1. The number of halogens is 3. The molecule has 0 saturated carbocycles. The molecule has 0 radical (unpaired) electrons. The summed E-state index contributed by atoms with van der Waals surface area (Å²) in [6, 6.07) is 5.30. The maximum atomic E-state index is 13.1. The second kappa shape index (κ2) is 6.29. The number of morpholine rings is 1. The van der Waals surface area contributed by atoms with Crippen molar-refractivity contribution in [3.63, 3.8) is 0 Å². The lowest BCUT2D eigenvalue weighted by molar-refractivity contribution is -0.140. The lowest BCUT2D eigenvalue weighted by atomic mass is 10.0. The van der Waals surface area contributed by atoms with Crippen LogP contribution in [0.4, 0.5) is 13.2 Å². The third-order valence-electron chi connectivity index (χ3n) is 3.62. The Morgan fingerprint density at radius 3 is 2.83 bits per heavy atom. The van der Waals surface area contributed by atoms with Crippen molar-refractivity contribution in [1.82, 2.24) is 9.88 Å². The maximum absolute atomic E-state index is 13.1. The summed E-state index contributed by atoms with van der Waals surface area (Å²) in [5.74, 6) is -0.288. The van der Waals surface area contributed by atoms with E-state index in [2.05, 4.69) is 4.98 Å². The number of aromatic nitrogens is 1. The highest BCUT2D eigenvalue weighted by Gasteiger charge is 2.37. The molecular formula is C15H13F3N2O2S. The molecule has 8 heteroatoms. The summed E-state index contributed by atoms with van der Waals surface area (Å²) in [4.78, 5) is 17.7. The Hall–Kier alpha value is -1.93. The SMILES string of the molecule is O=C(c1cscn1)N1CCO[C@H](c2ccccc2C(F)(F)F)C1. The molecule has 1 aliphatic heterocycles. The van der Waals surface area contributed by atoms with E-state index in [0.717, 1.165) is 6.07 Å². The van der Waals surface area contributed by atoms with Crippen molar-refractivity contribution in [3.8, 4) is 0 Å². The molecule has 2 heterocycles. The Bertz CT molecular complexity index is 688. The number of nitrogens with zero attached hydrogens (tertiary/aromatic N) is 2. The van der Waals surface area contributed by atoms with Crippen molar-refractivity contribution in [3.05, 3.63) is 52.0 Å². The van der Waals surface area contributed by atoms with Gasteiger partial charge < -0.3 is 9.64 Å². The van der Waals surface area contributed by atoms with Gasteiger partial charge >= 0.3 is 6.18 Å². The first-order chi connectivity index (χ1) is 11.0. The van der Waals surface area contributed by atoms with Gasteiger partial charge in [0.1, 0.15) is 11.8 Å². The number of hydrogen-bond acceptors (Lipinski definition) is 4. The van der Waals surface area contributed by atoms with Crippen LogP contribution in [-0.2, 0) is 10.9 Å². The van der Waals surface area contributed by atoms with Gasteiger partial charge in [-0.05, 0) is 11.6 Å². The number of rotatable bonds is 2. The van der Waals surface area contributed by atoms with E-state index in [0.29, 0.717) is 12.2 Å². The summed E-state index contributed by atoms with van der Waals surface area (Å²) in [7, 11) is 0. The molecule has 2 aromatic rings. The van der Waals surface area contributed by atoms with Crippen molar-refractivity contribution in [1.29, 1.82) is 0 Å². The van der Waals surface area contributed by atoms with Gasteiger partial charge in [0.05, 0.1) is 24.2 Å². The van der Waals surface area contributed by atoms with E-state index in [-0.39, 0.29) is 24.6 Å². The van der Waals surface area contributed by atoms with Gasteiger partial charge in [-0.3, -0.25) is 4.79 Å². The Balaban J connectivity index is 1.84. The molecule has 0 N–H and O–H groups in total. The molecule has 1 amide bonds. The number of benzene rings is 1. The number of alkyl halides is 3. The highest BCUT2D eigenvalue weighted by Crippen LogP contribution is 2.36. The van der Waals surface area contributed by atoms with Crippen LogP contribution in [0.15, 0.2) is 35.2 Å². The van der Waals surface area contributed by atoms with E-state index in [9.17, 15) is 18.0 Å². The van der Waals surface area contributed by atoms with Gasteiger partial charge in [0.15, 0.2) is 0 Å². The molecule has 0 spiro atoms. The van der Waals surface area contributed by atoms with Crippen LogP contribution in [0.2, 0.25) is 0 Å². The lowest BCUT2D eigenvalue weighted by Gasteiger charge is -2.33. The Kier molecular flexibility index (Phi) is 4.36. The zero-order valence-electron chi connectivity index (χ0n) is 11.9. The number of carbonyl (C=O) groups excluding carboxylic acids is 1. The quantitative estimate of drug-likeness (QED) is 0.840. The van der Waals surface area contributed by atoms with Gasteiger partial charge in [0, 0.05) is 11.9 Å². The van der Waals surface area contributed by atoms with E-state index < -0.39 is 17.8 Å². The average molecular weight is 342 g/mol. The lowest BCUT2D eigenvalue weighted by Crippen LogP contribution is -2.42. The van der Waals surface area contributed by atoms with Crippen LogP contribution in [0.3, 0.4) is 0 Å². The first-order valence-corrected chi connectivity index (χ1v) is 7.86. The van der Waals surface area contributed by atoms with Gasteiger partial charge in [0.25, 0.3) is 5.91 Å². The Morgan fingerprint density at radius 2 is 2.13 bits per heavy atom. The van der Waals surface area contributed by atoms with Crippen molar-refractivity contribution < 1.29 is 22.7 Å². The summed E-state index contributed by atoms with van der Waals surface area (Å²) < 4.78 is 44.9. The molecule has 0 aliphatic carbocycles. The van der Waals surface area contributed by atoms with Crippen molar-refractivity contribution >= 4 is 17.2 Å².